The van der Waals surface area contributed by atoms with Gasteiger partial charge in [-0.15, -0.1) is 11.3 Å². The fourth-order valence-corrected chi connectivity index (χ4v) is 3.30. The number of carbonyl (C=O) groups is 3. The Morgan fingerprint density at radius 2 is 1.92 bits per heavy atom. The molecule has 0 bridgehead atoms. The summed E-state index contributed by atoms with van der Waals surface area (Å²) in [5.74, 6) is -1.42. The Morgan fingerprint density at radius 1 is 1.23 bits per heavy atom. The number of thiophene rings is 1. The van der Waals surface area contributed by atoms with Crippen LogP contribution in [0, 0.1) is 13.8 Å². The Bertz CT molecular complexity index is 834. The Morgan fingerprint density at radius 3 is 2.54 bits per heavy atom. The predicted molar refractivity (Wildman–Crippen MR) is 102 cm³/mol. The Kier molecular flexibility index (Phi) is 6.76. The smallest absolute Gasteiger partial charge is 0.339 e. The van der Waals surface area contributed by atoms with Crippen molar-refractivity contribution in [2.45, 2.75) is 13.8 Å². The van der Waals surface area contributed by atoms with Gasteiger partial charge in [0, 0.05) is 16.8 Å². The molecule has 6 nitrogen and oxygen atoms in total. The first-order chi connectivity index (χ1) is 12.3. The minimum absolute atomic E-state index is 0.182. The summed E-state index contributed by atoms with van der Waals surface area (Å²) < 4.78 is 5.05. The van der Waals surface area contributed by atoms with Crippen molar-refractivity contribution in [2.24, 2.45) is 0 Å². The van der Waals surface area contributed by atoms with Crippen LogP contribution in [0.3, 0.4) is 0 Å². The maximum atomic E-state index is 12.1. The highest BCUT2D eigenvalue weighted by Crippen LogP contribution is 2.21. The number of benzene rings is 1. The van der Waals surface area contributed by atoms with E-state index in [-0.39, 0.29) is 6.54 Å². The molecule has 0 radical (unpaired) electrons. The van der Waals surface area contributed by atoms with Crippen molar-refractivity contribution in [1.82, 2.24) is 4.90 Å². The molecule has 26 heavy (non-hydrogen) atoms. The van der Waals surface area contributed by atoms with Gasteiger partial charge in [-0.05, 0) is 32.0 Å². The molecule has 2 rings (SSSR count). The van der Waals surface area contributed by atoms with E-state index >= 15 is 0 Å². The van der Waals surface area contributed by atoms with Crippen molar-refractivity contribution < 1.29 is 19.1 Å². The van der Waals surface area contributed by atoms with Crippen molar-refractivity contribution in [3.05, 3.63) is 50.7 Å². The van der Waals surface area contributed by atoms with Gasteiger partial charge in [0.05, 0.1) is 22.8 Å². The molecule has 0 fully saturated rings. The van der Waals surface area contributed by atoms with Crippen molar-refractivity contribution in [2.75, 3.05) is 25.5 Å². The SMILES string of the molecule is Cc1cc(C(=O)OCC(=O)N(C)CC(=O)Nc2ccccc2Cl)c(C)s1. The van der Waals surface area contributed by atoms with Crippen LogP contribution < -0.4 is 5.32 Å². The number of amides is 2. The number of anilines is 1. The van der Waals surface area contributed by atoms with E-state index in [0.717, 1.165) is 9.75 Å². The molecular formula is C18H19ClN2O4S. The topological polar surface area (TPSA) is 75.7 Å². The molecule has 2 amide bonds. The molecule has 1 N–H and O–H groups in total. The molecule has 0 aliphatic heterocycles. The molecule has 8 heteroatoms. The number of nitrogens with one attached hydrogen (secondary N) is 1. The van der Waals surface area contributed by atoms with Crippen molar-refractivity contribution >= 4 is 46.4 Å². The number of likely N-dealkylation sites (N-methyl/N-ethyl adjacent to an activating group) is 1. The van der Waals surface area contributed by atoms with Gasteiger partial charge in [-0.25, -0.2) is 4.79 Å². The molecule has 0 aliphatic rings. The van der Waals surface area contributed by atoms with Crippen LogP contribution in [-0.2, 0) is 14.3 Å². The number of para-hydroxylation sites is 1. The van der Waals surface area contributed by atoms with Crippen LogP contribution in [0.25, 0.3) is 0 Å². The van der Waals surface area contributed by atoms with Crippen LogP contribution in [0.4, 0.5) is 5.69 Å². The molecule has 1 aromatic carbocycles. The van der Waals surface area contributed by atoms with Gasteiger partial charge in [-0.3, -0.25) is 9.59 Å². The Labute approximate surface area is 160 Å². The summed E-state index contributed by atoms with van der Waals surface area (Å²) in [5.41, 5.74) is 0.925. The summed E-state index contributed by atoms with van der Waals surface area (Å²) in [5, 5.41) is 3.03. The molecule has 1 heterocycles. The Balaban J connectivity index is 1.83. The van der Waals surface area contributed by atoms with Gasteiger partial charge in [0.2, 0.25) is 5.91 Å². The van der Waals surface area contributed by atoms with Crippen LogP contribution in [0.5, 0.6) is 0 Å². The molecule has 0 saturated heterocycles. The second-order valence-electron chi connectivity index (χ2n) is 5.68. The quantitative estimate of drug-likeness (QED) is 0.763. The maximum absolute atomic E-state index is 12.1. The average molecular weight is 395 g/mol. The largest absolute Gasteiger partial charge is 0.452 e. The summed E-state index contributed by atoms with van der Waals surface area (Å²) in [6.07, 6.45) is 0. The zero-order valence-electron chi connectivity index (χ0n) is 14.7. The van der Waals surface area contributed by atoms with Gasteiger partial charge in [-0.2, -0.15) is 0 Å². The summed E-state index contributed by atoms with van der Waals surface area (Å²) in [6.45, 7) is 3.10. The highest BCUT2D eigenvalue weighted by molar-refractivity contribution is 7.12. The first-order valence-corrected chi connectivity index (χ1v) is 9.00. The summed E-state index contributed by atoms with van der Waals surface area (Å²) in [6, 6.07) is 8.53. The predicted octanol–water partition coefficient (Wildman–Crippen LogP) is 3.27. The zero-order valence-corrected chi connectivity index (χ0v) is 16.2. The highest BCUT2D eigenvalue weighted by atomic mass is 35.5. The average Bonchev–Trinajstić information content (AvgIpc) is 2.92. The van der Waals surface area contributed by atoms with Crippen molar-refractivity contribution in [3.8, 4) is 0 Å². The number of rotatable bonds is 6. The second-order valence-corrected chi connectivity index (χ2v) is 7.55. The number of hydrogen-bond acceptors (Lipinski definition) is 5. The van der Waals surface area contributed by atoms with Crippen molar-refractivity contribution in [3.63, 3.8) is 0 Å². The minimum atomic E-state index is -0.547. The van der Waals surface area contributed by atoms with Crippen molar-refractivity contribution in [1.29, 1.82) is 0 Å². The summed E-state index contributed by atoms with van der Waals surface area (Å²) in [4.78, 5) is 39.1. The third kappa shape index (κ3) is 5.31. The molecule has 0 unspecified atom stereocenters. The fourth-order valence-electron chi connectivity index (χ4n) is 2.20. The first kappa shape index (κ1) is 19.9. The lowest BCUT2D eigenvalue weighted by Crippen LogP contribution is -2.37. The standard InChI is InChI=1S/C18H19ClN2O4S/c1-11-8-13(12(2)26-11)18(24)25-10-17(23)21(3)9-16(22)20-15-7-5-4-6-14(15)19/h4-8H,9-10H2,1-3H3,(H,20,22). The number of esters is 1. The summed E-state index contributed by atoms with van der Waals surface area (Å²) >= 11 is 7.46. The number of carbonyl (C=O) groups excluding carboxylic acids is 3. The molecule has 1 aromatic heterocycles. The second kappa shape index (κ2) is 8.82. The number of halogens is 1. The summed E-state index contributed by atoms with van der Waals surface area (Å²) in [7, 11) is 1.46. The monoisotopic (exact) mass is 394 g/mol. The highest BCUT2D eigenvalue weighted by Gasteiger charge is 2.18. The van der Waals surface area contributed by atoms with Crippen LogP contribution in [0.2, 0.25) is 5.02 Å². The van der Waals surface area contributed by atoms with Crippen LogP contribution >= 0.6 is 22.9 Å². The van der Waals surface area contributed by atoms with E-state index in [1.165, 1.54) is 23.3 Å². The third-order valence-electron chi connectivity index (χ3n) is 3.54. The number of nitrogens with zero attached hydrogens (tertiary/aromatic N) is 1. The molecule has 0 atom stereocenters. The molecule has 0 saturated carbocycles. The molecule has 0 aliphatic carbocycles. The molecule has 138 valence electrons. The Hall–Kier alpha value is -2.38. The lowest BCUT2D eigenvalue weighted by molar-refractivity contribution is -0.136. The van der Waals surface area contributed by atoms with E-state index in [1.807, 2.05) is 13.8 Å². The lowest BCUT2D eigenvalue weighted by Gasteiger charge is -2.17. The molecule has 0 spiro atoms. The van der Waals surface area contributed by atoms with Gasteiger partial charge < -0.3 is 15.0 Å². The number of hydrogen-bond donors (Lipinski definition) is 1. The number of aryl methyl sites for hydroxylation is 2. The van der Waals surface area contributed by atoms with Gasteiger partial charge in [0.1, 0.15) is 0 Å². The van der Waals surface area contributed by atoms with E-state index < -0.39 is 24.4 Å². The fraction of sp³-hybridized carbons (Fsp3) is 0.278. The van der Waals surface area contributed by atoms with Crippen LogP contribution in [-0.4, -0.2) is 42.9 Å². The van der Waals surface area contributed by atoms with Crippen LogP contribution in [0.15, 0.2) is 30.3 Å². The van der Waals surface area contributed by atoms with Gasteiger partial charge in [0.15, 0.2) is 6.61 Å². The van der Waals surface area contributed by atoms with Gasteiger partial charge in [0.25, 0.3) is 5.91 Å². The van der Waals surface area contributed by atoms with E-state index in [1.54, 1.807) is 30.3 Å². The first-order valence-electron chi connectivity index (χ1n) is 7.80. The van der Waals surface area contributed by atoms with Gasteiger partial charge >= 0.3 is 5.97 Å². The van der Waals surface area contributed by atoms with Crippen LogP contribution in [0.1, 0.15) is 20.1 Å². The van der Waals surface area contributed by atoms with E-state index in [9.17, 15) is 14.4 Å². The van der Waals surface area contributed by atoms with Gasteiger partial charge in [-0.1, -0.05) is 23.7 Å². The van der Waals surface area contributed by atoms with E-state index in [0.29, 0.717) is 16.3 Å². The maximum Gasteiger partial charge on any atom is 0.339 e. The lowest BCUT2D eigenvalue weighted by atomic mass is 10.2. The van der Waals surface area contributed by atoms with E-state index in [4.69, 9.17) is 16.3 Å². The normalized spacial score (nSPS) is 10.3. The zero-order chi connectivity index (χ0) is 19.3. The molecular weight excluding hydrogens is 376 g/mol. The van der Waals surface area contributed by atoms with E-state index in [2.05, 4.69) is 5.32 Å². The minimum Gasteiger partial charge on any atom is -0.452 e. The molecule has 2 aromatic rings. The third-order valence-corrected chi connectivity index (χ3v) is 4.84. The number of ether oxygens (including phenoxy) is 1.